The molecular weight excluding hydrogens is 276 g/mol. The van der Waals surface area contributed by atoms with Crippen LogP contribution in [0.3, 0.4) is 0 Å². The van der Waals surface area contributed by atoms with E-state index in [1.165, 1.54) is 17.0 Å². The molecule has 0 bridgehead atoms. The Labute approximate surface area is 101 Å². The molecule has 0 saturated carbocycles. The van der Waals surface area contributed by atoms with Crippen molar-refractivity contribution >= 4 is 27.5 Å². The van der Waals surface area contributed by atoms with Gasteiger partial charge in [0.2, 0.25) is 0 Å². The van der Waals surface area contributed by atoms with Crippen molar-refractivity contribution in [3.8, 4) is 0 Å². The van der Waals surface area contributed by atoms with Crippen LogP contribution in [0.15, 0.2) is 24.3 Å². The number of carbonyl (C=O) groups is 1. The zero-order valence-corrected chi connectivity index (χ0v) is 10.3. The lowest BCUT2D eigenvalue weighted by molar-refractivity contribution is -0.385. The van der Waals surface area contributed by atoms with E-state index in [-0.39, 0.29) is 17.2 Å². The molecule has 0 unspecified atom stereocenters. The van der Waals surface area contributed by atoms with Crippen molar-refractivity contribution in [3.63, 3.8) is 0 Å². The van der Waals surface area contributed by atoms with Gasteiger partial charge in [0, 0.05) is 25.0 Å². The summed E-state index contributed by atoms with van der Waals surface area (Å²) in [5.74, 6) is -0.341. The normalized spacial score (nSPS) is 9.88. The third kappa shape index (κ3) is 2.79. The first kappa shape index (κ1) is 12.6. The van der Waals surface area contributed by atoms with Crippen molar-refractivity contribution in [2.24, 2.45) is 0 Å². The fourth-order valence-corrected chi connectivity index (χ4v) is 1.78. The Morgan fingerprint density at radius 2 is 2.12 bits per heavy atom. The number of carbonyl (C=O) groups excluding carboxylic acids is 1. The van der Waals surface area contributed by atoms with Gasteiger partial charge in [0.1, 0.15) is 5.56 Å². The summed E-state index contributed by atoms with van der Waals surface area (Å²) >= 11 is 3.21. The van der Waals surface area contributed by atoms with E-state index in [0.29, 0.717) is 11.9 Å². The maximum absolute atomic E-state index is 11.9. The van der Waals surface area contributed by atoms with E-state index in [1.807, 2.05) is 0 Å². The number of para-hydroxylation sites is 1. The summed E-state index contributed by atoms with van der Waals surface area (Å²) in [6, 6.07) is 5.95. The van der Waals surface area contributed by atoms with E-state index in [1.54, 1.807) is 19.2 Å². The number of hydrogen-bond acceptors (Lipinski definition) is 3. The molecule has 0 N–H and O–H groups in total. The zero-order valence-electron chi connectivity index (χ0n) is 8.72. The number of nitro benzene ring substituents is 1. The number of nitro groups is 1. The highest BCUT2D eigenvalue weighted by Crippen LogP contribution is 2.18. The summed E-state index contributed by atoms with van der Waals surface area (Å²) in [4.78, 5) is 23.5. The predicted octanol–water partition coefficient (Wildman–Crippen LogP) is 2.06. The molecule has 1 rings (SSSR count). The number of benzene rings is 1. The van der Waals surface area contributed by atoms with Gasteiger partial charge in [-0.1, -0.05) is 28.1 Å². The highest BCUT2D eigenvalue weighted by Gasteiger charge is 2.21. The quantitative estimate of drug-likeness (QED) is 0.483. The van der Waals surface area contributed by atoms with E-state index in [9.17, 15) is 14.9 Å². The van der Waals surface area contributed by atoms with Crippen LogP contribution in [0.2, 0.25) is 0 Å². The first-order valence-corrected chi connectivity index (χ1v) is 5.75. The number of hydrogen-bond donors (Lipinski definition) is 0. The Kier molecular flexibility index (Phi) is 4.42. The van der Waals surface area contributed by atoms with Gasteiger partial charge in [0.15, 0.2) is 0 Å². The van der Waals surface area contributed by atoms with E-state index >= 15 is 0 Å². The number of amides is 1. The summed E-state index contributed by atoms with van der Waals surface area (Å²) in [6.45, 7) is 0.505. The Bertz CT molecular complexity index is 409. The Morgan fingerprint density at radius 3 is 2.69 bits per heavy atom. The third-order valence-corrected chi connectivity index (χ3v) is 2.45. The van der Waals surface area contributed by atoms with Crippen LogP contribution in [-0.2, 0) is 0 Å². The van der Waals surface area contributed by atoms with Gasteiger partial charge in [-0.05, 0) is 6.07 Å². The van der Waals surface area contributed by atoms with Gasteiger partial charge in [0.25, 0.3) is 11.6 Å². The third-order valence-electron chi connectivity index (χ3n) is 2.10. The van der Waals surface area contributed by atoms with Gasteiger partial charge in [-0.15, -0.1) is 0 Å². The zero-order chi connectivity index (χ0) is 12.1. The van der Waals surface area contributed by atoms with E-state index in [2.05, 4.69) is 15.9 Å². The van der Waals surface area contributed by atoms with Gasteiger partial charge < -0.3 is 4.90 Å². The smallest absolute Gasteiger partial charge is 0.282 e. The Balaban J connectivity index is 3.03. The summed E-state index contributed by atoms with van der Waals surface area (Å²) in [7, 11) is 1.61. The van der Waals surface area contributed by atoms with Crippen molar-refractivity contribution in [1.29, 1.82) is 0 Å². The van der Waals surface area contributed by atoms with Crippen molar-refractivity contribution in [2.45, 2.75) is 0 Å². The van der Waals surface area contributed by atoms with Gasteiger partial charge in [-0.2, -0.15) is 0 Å². The van der Waals surface area contributed by atoms with Crippen LogP contribution in [-0.4, -0.2) is 34.7 Å². The van der Waals surface area contributed by atoms with Crippen LogP contribution in [0.4, 0.5) is 5.69 Å². The lowest BCUT2D eigenvalue weighted by Gasteiger charge is -2.15. The van der Waals surface area contributed by atoms with Crippen molar-refractivity contribution < 1.29 is 9.72 Å². The van der Waals surface area contributed by atoms with Crippen LogP contribution in [0.25, 0.3) is 0 Å². The van der Waals surface area contributed by atoms with Crippen LogP contribution >= 0.6 is 15.9 Å². The van der Waals surface area contributed by atoms with E-state index in [4.69, 9.17) is 0 Å². The molecule has 0 aliphatic carbocycles. The second-order valence-electron chi connectivity index (χ2n) is 3.19. The lowest BCUT2D eigenvalue weighted by atomic mass is 10.1. The topological polar surface area (TPSA) is 63.5 Å². The molecule has 0 fully saturated rings. The van der Waals surface area contributed by atoms with Gasteiger partial charge in [-0.3, -0.25) is 14.9 Å². The molecule has 0 atom stereocenters. The monoisotopic (exact) mass is 286 g/mol. The minimum atomic E-state index is -0.546. The van der Waals surface area contributed by atoms with Crippen molar-refractivity contribution in [3.05, 3.63) is 39.9 Å². The van der Waals surface area contributed by atoms with Gasteiger partial charge >= 0.3 is 0 Å². The summed E-state index contributed by atoms with van der Waals surface area (Å²) < 4.78 is 0. The van der Waals surface area contributed by atoms with Crippen molar-refractivity contribution in [1.82, 2.24) is 4.90 Å². The van der Waals surface area contributed by atoms with Gasteiger partial charge in [0.05, 0.1) is 4.92 Å². The molecule has 0 aliphatic heterocycles. The highest BCUT2D eigenvalue weighted by molar-refractivity contribution is 9.09. The molecule has 0 heterocycles. The van der Waals surface area contributed by atoms with E-state index in [0.717, 1.165) is 0 Å². The molecule has 0 aromatic heterocycles. The average Bonchev–Trinajstić information content (AvgIpc) is 2.28. The first-order chi connectivity index (χ1) is 7.57. The maximum atomic E-state index is 11.9. The molecule has 5 nitrogen and oxygen atoms in total. The summed E-state index contributed by atoms with van der Waals surface area (Å²) in [6.07, 6.45) is 0. The molecule has 86 valence electrons. The second-order valence-corrected chi connectivity index (χ2v) is 3.98. The second kappa shape index (κ2) is 5.60. The minimum absolute atomic E-state index is 0.121. The van der Waals surface area contributed by atoms with E-state index < -0.39 is 4.92 Å². The summed E-state index contributed by atoms with van der Waals surface area (Å²) in [5.41, 5.74) is -0.0372. The maximum Gasteiger partial charge on any atom is 0.282 e. The number of alkyl halides is 1. The lowest BCUT2D eigenvalue weighted by Crippen LogP contribution is -2.28. The number of nitrogens with zero attached hydrogens (tertiary/aromatic N) is 2. The van der Waals surface area contributed by atoms with Crippen LogP contribution in [0.1, 0.15) is 10.4 Å². The first-order valence-electron chi connectivity index (χ1n) is 4.62. The average molecular weight is 287 g/mol. The molecule has 6 heteroatoms. The standard InChI is InChI=1S/C10H11BrN2O3/c1-12(7-6-11)10(14)8-4-2-3-5-9(8)13(15)16/h2-5H,6-7H2,1H3. The molecule has 16 heavy (non-hydrogen) atoms. The molecule has 1 aromatic rings. The van der Waals surface area contributed by atoms with Crippen LogP contribution in [0, 0.1) is 10.1 Å². The van der Waals surface area contributed by atoms with Crippen LogP contribution in [0.5, 0.6) is 0 Å². The highest BCUT2D eigenvalue weighted by atomic mass is 79.9. The summed E-state index contributed by atoms with van der Waals surface area (Å²) in [5, 5.41) is 11.4. The Morgan fingerprint density at radius 1 is 1.50 bits per heavy atom. The molecule has 1 aromatic carbocycles. The fraction of sp³-hybridized carbons (Fsp3) is 0.300. The predicted molar refractivity (Wildman–Crippen MR) is 63.9 cm³/mol. The molecule has 1 amide bonds. The molecule has 0 saturated heterocycles. The number of halogens is 1. The van der Waals surface area contributed by atoms with Crippen LogP contribution < -0.4 is 0 Å². The molecular formula is C10H11BrN2O3. The van der Waals surface area contributed by atoms with Gasteiger partial charge in [-0.25, -0.2) is 0 Å². The largest absolute Gasteiger partial charge is 0.341 e. The van der Waals surface area contributed by atoms with Crippen molar-refractivity contribution in [2.75, 3.05) is 18.9 Å². The molecule has 0 radical (unpaired) electrons. The molecule has 0 aliphatic rings. The fourth-order valence-electron chi connectivity index (χ4n) is 1.25. The molecule has 0 spiro atoms. The minimum Gasteiger partial charge on any atom is -0.341 e. The number of rotatable bonds is 4. The Hall–Kier alpha value is -1.43. The SMILES string of the molecule is CN(CCBr)C(=O)c1ccccc1[N+](=O)[O-].